The van der Waals surface area contributed by atoms with E-state index in [1.165, 1.54) is 11.1 Å². The molecule has 0 unspecified atom stereocenters. The number of hydrogen-bond acceptors (Lipinski definition) is 2. The number of rotatable bonds is 3. The number of methoxy groups -OCH3 is 1. The van der Waals surface area contributed by atoms with Gasteiger partial charge in [-0.25, -0.2) is 0 Å². The molecule has 0 bridgehead atoms. The van der Waals surface area contributed by atoms with Crippen LogP contribution in [0.15, 0.2) is 18.2 Å². The van der Waals surface area contributed by atoms with Gasteiger partial charge in [0.2, 0.25) is 0 Å². The highest BCUT2D eigenvalue weighted by molar-refractivity contribution is 9.08. The molecule has 0 aliphatic carbocycles. The molecule has 0 amide bonds. The Morgan fingerprint density at radius 1 is 1.47 bits per heavy atom. The summed E-state index contributed by atoms with van der Waals surface area (Å²) in [7, 11) is 1.67. The highest BCUT2D eigenvalue weighted by Gasteiger charge is 2.09. The summed E-state index contributed by atoms with van der Waals surface area (Å²) in [6.45, 7) is 2.98. The molecule has 0 spiro atoms. The summed E-state index contributed by atoms with van der Waals surface area (Å²) >= 11 is 3.49. The molecule has 80 valence electrons. The van der Waals surface area contributed by atoms with Gasteiger partial charge >= 0.3 is 0 Å². The van der Waals surface area contributed by atoms with Crippen molar-refractivity contribution < 1.29 is 4.74 Å². The van der Waals surface area contributed by atoms with Crippen LogP contribution in [0.4, 0.5) is 0 Å². The lowest BCUT2D eigenvalue weighted by Gasteiger charge is -2.00. The van der Waals surface area contributed by atoms with Crippen LogP contribution in [-0.4, -0.2) is 16.9 Å². The Balaban J connectivity index is 2.65. The van der Waals surface area contributed by atoms with Gasteiger partial charge < -0.3 is 4.74 Å². The Bertz CT molecular complexity index is 479. The van der Waals surface area contributed by atoms with E-state index in [2.05, 4.69) is 34.0 Å². The lowest BCUT2D eigenvalue weighted by molar-refractivity contribution is 0.415. The number of nitrogens with zero attached hydrogens (tertiary/aromatic N) is 2. The molecule has 1 aromatic carbocycles. The summed E-state index contributed by atoms with van der Waals surface area (Å²) in [5.41, 5.74) is 2.21. The second-order valence-electron chi connectivity index (χ2n) is 3.28. The van der Waals surface area contributed by atoms with E-state index >= 15 is 0 Å². The van der Waals surface area contributed by atoms with Crippen LogP contribution >= 0.6 is 15.9 Å². The smallest absolute Gasteiger partial charge is 0.121 e. The zero-order chi connectivity index (χ0) is 10.8. The standard InChI is InChI=1S/C11H13BrN2O/c1-3-14-11(7-12)9-5-4-8(15-2)6-10(9)13-14/h4-6H,3,7H2,1-2H3. The molecular formula is C11H13BrN2O. The minimum Gasteiger partial charge on any atom is -0.497 e. The van der Waals surface area contributed by atoms with Crippen molar-refractivity contribution in [3.05, 3.63) is 23.9 Å². The fourth-order valence-electron chi connectivity index (χ4n) is 1.70. The number of aromatic nitrogens is 2. The first-order valence-corrected chi connectivity index (χ1v) is 6.01. The Morgan fingerprint density at radius 2 is 2.27 bits per heavy atom. The van der Waals surface area contributed by atoms with Crippen molar-refractivity contribution in [2.24, 2.45) is 0 Å². The maximum absolute atomic E-state index is 5.18. The molecular weight excluding hydrogens is 256 g/mol. The molecule has 0 saturated carbocycles. The van der Waals surface area contributed by atoms with E-state index in [1.54, 1.807) is 7.11 Å². The summed E-state index contributed by atoms with van der Waals surface area (Å²) in [4.78, 5) is 0. The van der Waals surface area contributed by atoms with E-state index in [9.17, 15) is 0 Å². The van der Waals surface area contributed by atoms with Gasteiger partial charge in [0, 0.05) is 23.3 Å². The van der Waals surface area contributed by atoms with Gasteiger partial charge in [0.1, 0.15) is 5.75 Å². The largest absolute Gasteiger partial charge is 0.497 e. The van der Waals surface area contributed by atoms with Crippen molar-refractivity contribution in [2.75, 3.05) is 7.11 Å². The van der Waals surface area contributed by atoms with Gasteiger partial charge in [-0.15, -0.1) is 0 Å². The maximum atomic E-state index is 5.18. The van der Waals surface area contributed by atoms with Crippen molar-refractivity contribution >= 4 is 26.8 Å². The number of halogens is 1. The van der Waals surface area contributed by atoms with Crippen LogP contribution in [-0.2, 0) is 11.9 Å². The normalized spacial score (nSPS) is 10.9. The van der Waals surface area contributed by atoms with Crippen molar-refractivity contribution in [3.63, 3.8) is 0 Å². The summed E-state index contributed by atoms with van der Waals surface area (Å²) in [6, 6.07) is 5.99. The summed E-state index contributed by atoms with van der Waals surface area (Å²) < 4.78 is 7.19. The predicted octanol–water partition coefficient (Wildman–Crippen LogP) is 2.96. The van der Waals surface area contributed by atoms with Crippen molar-refractivity contribution in [1.29, 1.82) is 0 Å². The molecule has 0 saturated heterocycles. The third kappa shape index (κ3) is 1.74. The van der Waals surface area contributed by atoms with Crippen LogP contribution in [0.1, 0.15) is 12.6 Å². The van der Waals surface area contributed by atoms with Crippen LogP contribution in [0.25, 0.3) is 10.9 Å². The van der Waals surface area contributed by atoms with Gasteiger partial charge in [-0.05, 0) is 19.1 Å². The van der Waals surface area contributed by atoms with Gasteiger partial charge in [0.25, 0.3) is 0 Å². The van der Waals surface area contributed by atoms with Crippen LogP contribution in [0.5, 0.6) is 5.75 Å². The summed E-state index contributed by atoms with van der Waals surface area (Å²) in [6.07, 6.45) is 0. The molecule has 0 atom stereocenters. The first kappa shape index (κ1) is 10.5. The lowest BCUT2D eigenvalue weighted by Crippen LogP contribution is -2.00. The van der Waals surface area contributed by atoms with Crippen LogP contribution in [0.2, 0.25) is 0 Å². The van der Waals surface area contributed by atoms with Crippen LogP contribution in [0.3, 0.4) is 0 Å². The highest BCUT2D eigenvalue weighted by Crippen LogP contribution is 2.24. The molecule has 2 aromatic rings. The molecule has 2 rings (SSSR count). The maximum Gasteiger partial charge on any atom is 0.121 e. The van der Waals surface area contributed by atoms with Crippen LogP contribution in [0, 0.1) is 0 Å². The second-order valence-corrected chi connectivity index (χ2v) is 3.84. The first-order valence-electron chi connectivity index (χ1n) is 4.89. The molecule has 4 heteroatoms. The number of aryl methyl sites for hydroxylation is 1. The molecule has 0 N–H and O–H groups in total. The number of ether oxygens (including phenoxy) is 1. The van der Waals surface area contributed by atoms with E-state index in [-0.39, 0.29) is 0 Å². The molecule has 15 heavy (non-hydrogen) atoms. The van der Waals surface area contributed by atoms with Gasteiger partial charge in [0.05, 0.1) is 18.3 Å². The zero-order valence-electron chi connectivity index (χ0n) is 8.83. The Kier molecular flexibility index (Phi) is 2.95. The van der Waals surface area contributed by atoms with E-state index < -0.39 is 0 Å². The number of benzene rings is 1. The van der Waals surface area contributed by atoms with Gasteiger partial charge in [-0.1, -0.05) is 15.9 Å². The van der Waals surface area contributed by atoms with Crippen molar-refractivity contribution in [3.8, 4) is 5.75 Å². The second kappa shape index (κ2) is 4.23. The van der Waals surface area contributed by atoms with E-state index in [0.717, 1.165) is 23.1 Å². The average molecular weight is 269 g/mol. The molecule has 0 fully saturated rings. The fraction of sp³-hybridized carbons (Fsp3) is 0.364. The summed E-state index contributed by atoms with van der Waals surface area (Å²) in [5, 5.41) is 6.53. The third-order valence-electron chi connectivity index (χ3n) is 2.48. The Labute approximate surface area is 97.2 Å². The minimum absolute atomic E-state index is 0.823. The van der Waals surface area contributed by atoms with Gasteiger partial charge in [0.15, 0.2) is 0 Å². The molecule has 0 radical (unpaired) electrons. The molecule has 0 aliphatic heterocycles. The monoisotopic (exact) mass is 268 g/mol. The van der Waals surface area contributed by atoms with Crippen molar-refractivity contribution in [2.45, 2.75) is 18.8 Å². The topological polar surface area (TPSA) is 27.1 Å². The van der Waals surface area contributed by atoms with E-state index in [1.807, 2.05) is 16.8 Å². The molecule has 0 aliphatic rings. The summed E-state index contributed by atoms with van der Waals surface area (Å²) in [5.74, 6) is 0.851. The van der Waals surface area contributed by atoms with Gasteiger partial charge in [-0.2, -0.15) is 5.10 Å². The van der Waals surface area contributed by atoms with E-state index in [0.29, 0.717) is 0 Å². The molecule has 1 aromatic heterocycles. The fourth-order valence-corrected chi connectivity index (χ4v) is 2.29. The quantitative estimate of drug-likeness (QED) is 0.801. The Morgan fingerprint density at radius 3 is 2.87 bits per heavy atom. The van der Waals surface area contributed by atoms with Crippen molar-refractivity contribution in [1.82, 2.24) is 9.78 Å². The van der Waals surface area contributed by atoms with Gasteiger partial charge in [-0.3, -0.25) is 4.68 Å². The minimum atomic E-state index is 0.823. The zero-order valence-corrected chi connectivity index (χ0v) is 10.4. The molecule has 3 nitrogen and oxygen atoms in total. The average Bonchev–Trinajstić information content (AvgIpc) is 2.65. The Hall–Kier alpha value is -1.03. The third-order valence-corrected chi connectivity index (χ3v) is 3.01. The molecule has 1 heterocycles. The van der Waals surface area contributed by atoms with E-state index in [4.69, 9.17) is 4.74 Å². The number of alkyl halides is 1. The number of fused-ring (bicyclic) bond motifs is 1. The SMILES string of the molecule is CCn1nc2cc(OC)ccc2c1CBr. The highest BCUT2D eigenvalue weighted by atomic mass is 79.9. The first-order chi connectivity index (χ1) is 7.30. The lowest BCUT2D eigenvalue weighted by atomic mass is 10.2. The van der Waals surface area contributed by atoms with Crippen LogP contribution < -0.4 is 4.74 Å². The predicted molar refractivity (Wildman–Crippen MR) is 64.6 cm³/mol. The number of hydrogen-bond donors (Lipinski definition) is 0.